The second-order valence-corrected chi connectivity index (χ2v) is 6.14. The summed E-state index contributed by atoms with van der Waals surface area (Å²) in [6, 6.07) is 30.5. The summed E-state index contributed by atoms with van der Waals surface area (Å²) < 4.78 is 0. The zero-order valence-corrected chi connectivity index (χ0v) is 13.8. The van der Waals surface area contributed by atoms with Crippen molar-refractivity contribution in [1.82, 2.24) is 0 Å². The van der Waals surface area contributed by atoms with Gasteiger partial charge in [0.25, 0.3) is 0 Å². The van der Waals surface area contributed by atoms with Gasteiger partial charge in [-0.2, -0.15) is 0 Å². The largest absolute Gasteiger partial charge is 0.378 e. The molecule has 0 radical (unpaired) electrons. The summed E-state index contributed by atoms with van der Waals surface area (Å²) >= 11 is 0. The normalized spacial score (nSPS) is 10.7. The number of nitrogens with zero attached hydrogens (tertiary/aromatic N) is 1. The molecule has 0 fully saturated rings. The Morgan fingerprint density at radius 3 is 1.57 bits per heavy atom. The van der Waals surface area contributed by atoms with E-state index in [9.17, 15) is 0 Å². The second kappa shape index (κ2) is 7.15. The highest BCUT2D eigenvalue weighted by molar-refractivity contribution is 5.46. The van der Waals surface area contributed by atoms with Crippen LogP contribution in [0.1, 0.15) is 22.6 Å². The Morgan fingerprint density at radius 1 is 0.652 bits per heavy atom. The molecule has 0 aliphatic carbocycles. The molecule has 3 aromatic rings. The second-order valence-electron chi connectivity index (χ2n) is 6.14. The fraction of sp³-hybridized carbons (Fsp3) is 0.182. The van der Waals surface area contributed by atoms with E-state index >= 15 is 0 Å². The van der Waals surface area contributed by atoms with Crippen LogP contribution in [-0.4, -0.2) is 14.1 Å². The van der Waals surface area contributed by atoms with Gasteiger partial charge >= 0.3 is 0 Å². The number of hydrogen-bond acceptors (Lipinski definition) is 1. The van der Waals surface area contributed by atoms with Gasteiger partial charge < -0.3 is 4.90 Å². The monoisotopic (exact) mass is 301 g/mol. The van der Waals surface area contributed by atoms with Crippen molar-refractivity contribution in [3.05, 3.63) is 102 Å². The minimum atomic E-state index is 0.391. The highest BCUT2D eigenvalue weighted by Crippen LogP contribution is 2.29. The number of rotatable bonds is 5. The van der Waals surface area contributed by atoms with Crippen LogP contribution >= 0.6 is 0 Å². The Labute approximate surface area is 139 Å². The van der Waals surface area contributed by atoms with Crippen molar-refractivity contribution in [3.8, 4) is 0 Å². The van der Waals surface area contributed by atoms with Crippen molar-refractivity contribution in [2.75, 3.05) is 19.0 Å². The van der Waals surface area contributed by atoms with Crippen molar-refractivity contribution >= 4 is 5.69 Å². The summed E-state index contributed by atoms with van der Waals surface area (Å²) in [5.74, 6) is 0.391. The minimum Gasteiger partial charge on any atom is -0.378 e. The van der Waals surface area contributed by atoms with Gasteiger partial charge in [-0.15, -0.1) is 0 Å². The number of hydrogen-bond donors (Lipinski definition) is 0. The third kappa shape index (κ3) is 3.81. The van der Waals surface area contributed by atoms with E-state index in [1.54, 1.807) is 0 Å². The Bertz CT molecular complexity index is 675. The van der Waals surface area contributed by atoms with Gasteiger partial charge in [-0.25, -0.2) is 0 Å². The van der Waals surface area contributed by atoms with Crippen LogP contribution in [0.5, 0.6) is 0 Å². The third-order valence-corrected chi connectivity index (χ3v) is 4.30. The van der Waals surface area contributed by atoms with Crippen LogP contribution in [0.4, 0.5) is 5.69 Å². The topological polar surface area (TPSA) is 3.24 Å². The first-order chi connectivity index (χ1) is 11.2. The zero-order valence-electron chi connectivity index (χ0n) is 13.8. The zero-order chi connectivity index (χ0) is 16.1. The molecule has 0 N–H and O–H groups in total. The molecule has 3 rings (SSSR count). The van der Waals surface area contributed by atoms with Crippen molar-refractivity contribution in [2.45, 2.75) is 12.3 Å². The maximum Gasteiger partial charge on any atom is 0.0361 e. The molecule has 0 bridgehead atoms. The Kier molecular flexibility index (Phi) is 4.77. The molecular formula is C22H23N. The lowest BCUT2D eigenvalue weighted by atomic mass is 9.86. The van der Waals surface area contributed by atoms with Gasteiger partial charge in [0.15, 0.2) is 0 Å². The van der Waals surface area contributed by atoms with E-state index in [0.29, 0.717) is 5.92 Å². The van der Waals surface area contributed by atoms with E-state index in [1.807, 2.05) is 0 Å². The summed E-state index contributed by atoms with van der Waals surface area (Å²) in [5.41, 5.74) is 5.35. The molecule has 1 nitrogen and oxygen atoms in total. The molecule has 116 valence electrons. The lowest BCUT2D eigenvalue weighted by Gasteiger charge is -2.19. The van der Waals surface area contributed by atoms with Gasteiger partial charge in [-0.3, -0.25) is 0 Å². The Morgan fingerprint density at radius 2 is 1.13 bits per heavy atom. The van der Waals surface area contributed by atoms with Crippen LogP contribution < -0.4 is 4.90 Å². The van der Waals surface area contributed by atoms with Gasteiger partial charge in [0, 0.05) is 25.7 Å². The standard InChI is InChI=1S/C22H23N/c1-23(2)21-15-13-18(14-16-21)17-22(19-9-5-3-6-10-19)20-11-7-4-8-12-20/h3-16,22H,17H2,1-2H3. The van der Waals surface area contributed by atoms with Crippen molar-refractivity contribution in [3.63, 3.8) is 0 Å². The van der Waals surface area contributed by atoms with Crippen LogP contribution in [0.3, 0.4) is 0 Å². The highest BCUT2D eigenvalue weighted by atomic mass is 15.1. The van der Waals surface area contributed by atoms with E-state index in [1.165, 1.54) is 22.4 Å². The minimum absolute atomic E-state index is 0.391. The number of anilines is 1. The highest BCUT2D eigenvalue weighted by Gasteiger charge is 2.14. The molecule has 0 saturated carbocycles. The molecule has 0 spiro atoms. The van der Waals surface area contributed by atoms with Crippen LogP contribution in [0.15, 0.2) is 84.9 Å². The quantitative estimate of drug-likeness (QED) is 0.631. The van der Waals surface area contributed by atoms with E-state index in [-0.39, 0.29) is 0 Å². The van der Waals surface area contributed by atoms with Gasteiger partial charge in [-0.1, -0.05) is 72.8 Å². The molecule has 0 aliphatic heterocycles. The number of benzene rings is 3. The molecule has 3 aromatic carbocycles. The first-order valence-electron chi connectivity index (χ1n) is 8.10. The average molecular weight is 301 g/mol. The molecule has 0 atom stereocenters. The summed E-state index contributed by atoms with van der Waals surface area (Å²) in [6.45, 7) is 0. The van der Waals surface area contributed by atoms with Gasteiger partial charge in [-0.05, 0) is 35.2 Å². The lowest BCUT2D eigenvalue weighted by molar-refractivity contribution is 0.805. The van der Waals surface area contributed by atoms with Gasteiger partial charge in [0.1, 0.15) is 0 Å². The first-order valence-corrected chi connectivity index (χ1v) is 8.10. The summed E-state index contributed by atoms with van der Waals surface area (Å²) in [6.07, 6.45) is 1.02. The van der Waals surface area contributed by atoms with Crippen LogP contribution in [0.25, 0.3) is 0 Å². The fourth-order valence-corrected chi connectivity index (χ4v) is 2.96. The lowest BCUT2D eigenvalue weighted by Crippen LogP contribution is -2.09. The molecule has 0 saturated heterocycles. The molecule has 23 heavy (non-hydrogen) atoms. The third-order valence-electron chi connectivity index (χ3n) is 4.30. The van der Waals surface area contributed by atoms with Crippen LogP contribution in [0.2, 0.25) is 0 Å². The molecule has 0 amide bonds. The smallest absolute Gasteiger partial charge is 0.0361 e. The summed E-state index contributed by atoms with van der Waals surface area (Å²) in [5, 5.41) is 0. The van der Waals surface area contributed by atoms with E-state index in [4.69, 9.17) is 0 Å². The van der Waals surface area contributed by atoms with Gasteiger partial charge in [0.2, 0.25) is 0 Å². The molecule has 0 unspecified atom stereocenters. The van der Waals surface area contributed by atoms with Crippen molar-refractivity contribution in [1.29, 1.82) is 0 Å². The van der Waals surface area contributed by atoms with Crippen LogP contribution in [0, 0.1) is 0 Å². The predicted molar refractivity (Wildman–Crippen MR) is 99.2 cm³/mol. The molecule has 0 heterocycles. The maximum absolute atomic E-state index is 2.24. The Hall–Kier alpha value is -2.54. The Balaban J connectivity index is 1.90. The maximum atomic E-state index is 2.24. The first kappa shape index (κ1) is 15.4. The fourth-order valence-electron chi connectivity index (χ4n) is 2.96. The van der Waals surface area contributed by atoms with E-state index < -0.39 is 0 Å². The molecule has 1 heteroatoms. The molecule has 0 aliphatic rings. The average Bonchev–Trinajstić information content (AvgIpc) is 2.61. The summed E-state index contributed by atoms with van der Waals surface area (Å²) in [7, 11) is 4.15. The van der Waals surface area contributed by atoms with E-state index in [0.717, 1.165) is 6.42 Å². The SMILES string of the molecule is CN(C)c1ccc(CC(c2ccccc2)c2ccccc2)cc1. The van der Waals surface area contributed by atoms with Crippen molar-refractivity contribution < 1.29 is 0 Å². The molecule has 0 aromatic heterocycles. The van der Waals surface area contributed by atoms with Crippen molar-refractivity contribution in [2.24, 2.45) is 0 Å². The van der Waals surface area contributed by atoms with Gasteiger partial charge in [0.05, 0.1) is 0 Å². The predicted octanol–water partition coefficient (Wildman–Crippen LogP) is 5.13. The molecular weight excluding hydrogens is 278 g/mol. The summed E-state index contributed by atoms with van der Waals surface area (Å²) in [4.78, 5) is 2.13. The van der Waals surface area contributed by atoms with E-state index in [2.05, 4.69) is 104 Å². The van der Waals surface area contributed by atoms with Crippen LogP contribution in [-0.2, 0) is 6.42 Å².